The van der Waals surface area contributed by atoms with Crippen LogP contribution in [0.2, 0.25) is 0 Å². The van der Waals surface area contributed by atoms with Crippen molar-refractivity contribution in [3.05, 3.63) is 90.1 Å². The minimum Gasteiger partial charge on any atom is -0.481 e. The van der Waals surface area contributed by atoms with Gasteiger partial charge in [-0.05, 0) is 139 Å². The van der Waals surface area contributed by atoms with E-state index in [2.05, 4.69) is 100 Å². The number of aromatic amines is 2. The monoisotopic (exact) mass is 2040 g/mol. The number of carboxylic acids is 4. The molecule has 786 valence electrons. The van der Waals surface area contributed by atoms with Gasteiger partial charge in [-0.25, -0.2) is 9.78 Å². The second-order valence-corrected chi connectivity index (χ2v) is 37.1. The second-order valence-electron chi connectivity index (χ2n) is 35.1. The SMILES string of the molecule is CSCC[C@H](NC(=O)[C@H](C)NC(=O)[C@H](C)NC(=O)[C@H](Cc1ccccc1)NC(=O)[C@@H](NC(=O)[C@H](CC(=O)O)NC(=O)[C@H](Cc1cnc[nH]1)NC(=O)[C@H](CO)NC(=O)[C@H](CC(=O)O)NC(=O)[C@H](C)NC(=O)[C@@H](N)C(C)C)[C@@H](C)O)C(=O)N[C@@H](CCCCN)C(=O)N[C@@H](CCSC)C(=O)N[C@H](C(=O)N[C@@H](Cc1c[nH]c2ccccc12)C(=O)N[C@@H](CC(C)C)C(=O)N[C@@H](CC(=O)O)C(=O)N[C@H](C(=O)O)[C@@H](C)O)C(C)C. The van der Waals surface area contributed by atoms with Crippen LogP contribution in [-0.2, 0) is 120 Å². The van der Waals surface area contributed by atoms with Gasteiger partial charge in [0.25, 0.3) is 0 Å². The number of aliphatic hydroxyl groups excluding tert-OH is 3. The maximum atomic E-state index is 14.8. The summed E-state index contributed by atoms with van der Waals surface area (Å²) in [4.78, 5) is 298. The minimum absolute atomic E-state index is 0.0513. The van der Waals surface area contributed by atoms with Crippen LogP contribution in [-0.4, -0.2) is 333 Å². The Bertz CT molecular complexity index is 4970. The summed E-state index contributed by atoms with van der Waals surface area (Å²) in [5, 5.41) is 112. The first kappa shape index (κ1) is 121. The molecule has 0 fully saturated rings. The number of hydrogen-bond donors (Lipinski definition) is 28. The lowest BCUT2D eigenvalue weighted by Crippen LogP contribution is -2.62. The number of nitrogens with one attached hydrogen (secondary N) is 19. The van der Waals surface area contributed by atoms with Gasteiger partial charge in [0.05, 0.1) is 50.4 Å². The summed E-state index contributed by atoms with van der Waals surface area (Å²) in [7, 11) is 0. The van der Waals surface area contributed by atoms with Crippen molar-refractivity contribution in [3.63, 3.8) is 0 Å². The highest BCUT2D eigenvalue weighted by Crippen LogP contribution is 2.22. The number of aliphatic carboxylic acids is 4. The van der Waals surface area contributed by atoms with E-state index in [0.717, 1.165) is 13.8 Å². The molecule has 2 aromatic carbocycles. The third-order valence-corrected chi connectivity index (χ3v) is 23.4. The number of nitrogens with two attached hydrogens (primary N) is 2. The van der Waals surface area contributed by atoms with E-state index < -0.39 is 283 Å². The zero-order valence-corrected chi connectivity index (χ0v) is 82.8. The molecule has 30 N–H and O–H groups in total. The van der Waals surface area contributed by atoms with Crippen molar-refractivity contribution in [2.45, 2.75) is 274 Å². The fraction of sp³-hybridized carbons (Fsp3) is 0.578. The van der Waals surface area contributed by atoms with Crippen molar-refractivity contribution in [3.8, 4) is 0 Å². The predicted octanol–water partition coefficient (Wildman–Crippen LogP) is -6.20. The molecule has 52 heteroatoms. The molecule has 2 heterocycles. The van der Waals surface area contributed by atoms with Crippen molar-refractivity contribution >= 4 is 159 Å². The number of para-hydroxylation sites is 1. The number of carboxylic acid groups (broad SMARTS) is 4. The number of aromatic nitrogens is 3. The molecule has 0 saturated heterocycles. The van der Waals surface area contributed by atoms with Crippen molar-refractivity contribution in [1.29, 1.82) is 0 Å². The van der Waals surface area contributed by atoms with Crippen LogP contribution in [0.4, 0.5) is 0 Å². The molecule has 142 heavy (non-hydrogen) atoms. The molecule has 0 aliphatic heterocycles. The maximum absolute atomic E-state index is 14.8. The van der Waals surface area contributed by atoms with E-state index in [-0.39, 0.29) is 80.5 Å². The summed E-state index contributed by atoms with van der Waals surface area (Å²) in [5.41, 5.74) is 13.4. The Kier molecular flexibility index (Phi) is 51.6. The Morgan fingerprint density at radius 1 is 0.373 bits per heavy atom. The number of amides is 17. The van der Waals surface area contributed by atoms with Gasteiger partial charge in [0.1, 0.15) is 96.7 Å². The van der Waals surface area contributed by atoms with Gasteiger partial charge in [-0.15, -0.1) is 0 Å². The first-order valence-corrected chi connectivity index (χ1v) is 48.7. The third kappa shape index (κ3) is 41.0. The summed E-state index contributed by atoms with van der Waals surface area (Å²) in [5.74, 6) is -26.0. The first-order chi connectivity index (χ1) is 66.8. The van der Waals surface area contributed by atoms with Crippen molar-refractivity contribution in [2.24, 2.45) is 29.2 Å². The number of carbonyl (C=O) groups excluding carboxylic acids is 17. The molecule has 0 bridgehead atoms. The quantitative estimate of drug-likeness (QED) is 0.0183. The highest BCUT2D eigenvalue weighted by molar-refractivity contribution is 7.98. The Labute approximate surface area is 827 Å². The molecule has 0 saturated carbocycles. The maximum Gasteiger partial charge on any atom is 0.328 e. The van der Waals surface area contributed by atoms with Crippen LogP contribution in [0, 0.1) is 17.8 Å². The van der Waals surface area contributed by atoms with Crippen LogP contribution in [0.15, 0.2) is 73.3 Å². The highest BCUT2D eigenvalue weighted by atomic mass is 32.2. The van der Waals surface area contributed by atoms with E-state index in [9.17, 15) is 136 Å². The average Bonchev–Trinajstić information content (AvgIpc) is 1.69. The van der Waals surface area contributed by atoms with Crippen molar-refractivity contribution < 1.29 is 136 Å². The minimum atomic E-state index is -2.16. The number of nitrogens with zero attached hydrogens (tertiary/aromatic N) is 1. The van der Waals surface area contributed by atoms with Gasteiger partial charge in [-0.1, -0.05) is 90.1 Å². The van der Waals surface area contributed by atoms with Crippen LogP contribution in [0.5, 0.6) is 0 Å². The van der Waals surface area contributed by atoms with Crippen LogP contribution in [0.3, 0.4) is 0 Å². The number of fused-ring (bicyclic) bond motifs is 1. The lowest BCUT2D eigenvalue weighted by Gasteiger charge is -2.29. The largest absolute Gasteiger partial charge is 0.481 e. The summed E-state index contributed by atoms with van der Waals surface area (Å²) in [6.07, 6.45) is -0.357. The smallest absolute Gasteiger partial charge is 0.328 e. The zero-order chi connectivity index (χ0) is 107. The van der Waals surface area contributed by atoms with E-state index in [1.807, 2.05) is 5.32 Å². The van der Waals surface area contributed by atoms with Gasteiger partial charge in [-0.2, -0.15) is 23.5 Å². The summed E-state index contributed by atoms with van der Waals surface area (Å²) in [6.45, 7) is 14.5. The number of aliphatic hydroxyl groups is 3. The Balaban J connectivity index is 1.54. The Morgan fingerprint density at radius 2 is 0.739 bits per heavy atom. The first-order valence-electron chi connectivity index (χ1n) is 45.9. The van der Waals surface area contributed by atoms with Crippen LogP contribution >= 0.6 is 23.5 Å². The molecule has 0 aliphatic rings. The Morgan fingerprint density at radius 3 is 1.20 bits per heavy atom. The number of imidazole rings is 1. The average molecular weight is 2040 g/mol. The van der Waals surface area contributed by atoms with Gasteiger partial charge in [0.2, 0.25) is 100 Å². The van der Waals surface area contributed by atoms with Gasteiger partial charge >= 0.3 is 23.9 Å². The standard InChI is InChI=1S/C90H136N22O28S2/c1-42(2)31-58(80(129)105-64(37-68(120)121)85(134)112-72(49(11)115)90(139)140)103-81(130)60(33-51-38-94-54-24-18-17-23-53(51)54)108-88(137)70(44(5)6)110-78(127)57(27-30-142-13)101-76(125)55(25-19-20-28-91)100-77(126)56(26-29-141-12)99-74(123)46(8)96-73(122)45(7)97-79(128)59(32-50-21-15-14-16-22-50)107-89(138)71(48(10)114)111-84(133)63(36-67(118)119)106-82(131)61(34-52-39-93-41-95-52)104-86(135)65(40-113)109-83(132)62(35-66(116)117)102-75(124)47(9)98-87(136)69(92)43(3)4/h14-18,21-24,38-39,41-49,55-65,69-72,94,113-115H,19-20,25-37,40,91-92H2,1-13H3,(H,93,95)(H,96,122)(H,97,128)(H,98,136)(H,99,123)(H,100,126)(H,101,125)(H,102,124)(H,103,130)(H,104,135)(H,105,129)(H,106,131)(H,107,138)(H,108,137)(H,109,132)(H,110,127)(H,111,133)(H,112,134)(H,116,117)(H,118,119)(H,120,121)(H,139,140)/t45-,46-,47-,48+,49+,55-,56-,57-,58-,59-,60-,61-,62-,63-,64-,65-,69-,70-,71-,72-/m0/s1. The highest BCUT2D eigenvalue weighted by Gasteiger charge is 2.42. The molecule has 20 atom stereocenters. The van der Waals surface area contributed by atoms with E-state index in [1.54, 1.807) is 115 Å². The van der Waals surface area contributed by atoms with Gasteiger partial charge < -0.3 is 148 Å². The molecule has 4 aromatic rings. The number of rotatable bonds is 64. The fourth-order valence-corrected chi connectivity index (χ4v) is 15.0. The van der Waals surface area contributed by atoms with Crippen LogP contribution in [0.1, 0.15) is 151 Å². The number of benzene rings is 2. The van der Waals surface area contributed by atoms with E-state index in [1.165, 1.54) is 56.8 Å². The summed E-state index contributed by atoms with van der Waals surface area (Å²) >= 11 is 2.58. The lowest BCUT2D eigenvalue weighted by molar-refractivity contribution is -0.146. The third-order valence-electron chi connectivity index (χ3n) is 22.2. The van der Waals surface area contributed by atoms with E-state index >= 15 is 0 Å². The molecule has 0 spiro atoms. The molecule has 4 rings (SSSR count). The fourth-order valence-electron chi connectivity index (χ4n) is 14.0. The topological polar surface area (TPSA) is 801 Å². The molecule has 0 radical (unpaired) electrons. The zero-order valence-electron chi connectivity index (χ0n) is 81.1. The molecule has 0 unspecified atom stereocenters. The molecule has 0 aliphatic carbocycles. The number of unbranched alkanes of at least 4 members (excludes halogenated alkanes) is 1. The number of carbonyl (C=O) groups is 21. The van der Waals surface area contributed by atoms with E-state index in [0.29, 0.717) is 28.5 Å². The summed E-state index contributed by atoms with van der Waals surface area (Å²) in [6, 6.07) is -14.9. The molecule has 50 nitrogen and oxygen atoms in total. The number of H-pyrrole nitrogens is 2. The second kappa shape index (κ2) is 60.6. The normalized spacial score (nSPS) is 15.5. The predicted molar refractivity (Wildman–Crippen MR) is 515 cm³/mol. The molecular formula is C90H136N22O28S2. The number of hydrogen-bond acceptors (Lipinski definition) is 29. The lowest BCUT2D eigenvalue weighted by atomic mass is 9.98. The molecule has 2 aromatic heterocycles. The van der Waals surface area contributed by atoms with Crippen LogP contribution < -0.4 is 102 Å². The summed E-state index contributed by atoms with van der Waals surface area (Å²) < 4.78 is 0. The Hall–Kier alpha value is -13.4. The molecule has 17 amide bonds. The van der Waals surface area contributed by atoms with Gasteiger partial charge in [0, 0.05) is 48.3 Å². The van der Waals surface area contributed by atoms with Crippen molar-refractivity contribution in [2.75, 3.05) is 37.2 Å². The van der Waals surface area contributed by atoms with Crippen LogP contribution in [0.25, 0.3) is 10.9 Å². The van der Waals surface area contributed by atoms with E-state index in [4.69, 9.17) is 11.5 Å². The molecular weight excluding hydrogens is 1900 g/mol. The number of thioether (sulfide) groups is 2. The van der Waals surface area contributed by atoms with Gasteiger partial charge in [0.15, 0.2) is 6.04 Å². The van der Waals surface area contributed by atoms with Gasteiger partial charge in [-0.3, -0.25) is 95.9 Å². The van der Waals surface area contributed by atoms with Crippen molar-refractivity contribution in [1.82, 2.24) is 105 Å².